The standard InChI is InChI=1S/C9H10BrFN2/c10-4-2-1-3-7-5-8(12)9(11)13-6-7/h1,3,5-6H,2,4,12H2. The molecule has 0 fully saturated rings. The maximum absolute atomic E-state index is 12.6. The van der Waals surface area contributed by atoms with Crippen molar-refractivity contribution in [3.8, 4) is 0 Å². The van der Waals surface area contributed by atoms with E-state index in [2.05, 4.69) is 20.9 Å². The number of nitrogen functional groups attached to an aromatic ring is 1. The quantitative estimate of drug-likeness (QED) is 0.656. The van der Waals surface area contributed by atoms with Crippen LogP contribution >= 0.6 is 15.9 Å². The highest BCUT2D eigenvalue weighted by Gasteiger charge is 1.97. The molecule has 2 N–H and O–H groups in total. The first-order chi connectivity index (χ1) is 6.24. The number of nitrogens with zero attached hydrogens (tertiary/aromatic N) is 1. The predicted molar refractivity (Wildman–Crippen MR) is 56.1 cm³/mol. The Hall–Kier alpha value is -0.900. The Bertz CT molecular complexity index is 312. The van der Waals surface area contributed by atoms with Crippen molar-refractivity contribution in [1.82, 2.24) is 4.98 Å². The van der Waals surface area contributed by atoms with Gasteiger partial charge in [-0.25, -0.2) is 4.98 Å². The Balaban J connectivity index is 2.73. The van der Waals surface area contributed by atoms with Gasteiger partial charge in [0.25, 0.3) is 0 Å². The molecule has 13 heavy (non-hydrogen) atoms. The van der Waals surface area contributed by atoms with E-state index in [1.807, 2.05) is 12.2 Å². The van der Waals surface area contributed by atoms with E-state index in [9.17, 15) is 4.39 Å². The fourth-order valence-electron chi connectivity index (χ4n) is 0.856. The van der Waals surface area contributed by atoms with Crippen LogP contribution in [0.15, 0.2) is 18.3 Å². The van der Waals surface area contributed by atoms with Gasteiger partial charge < -0.3 is 5.73 Å². The maximum atomic E-state index is 12.6. The average molecular weight is 245 g/mol. The Morgan fingerprint density at radius 1 is 1.62 bits per heavy atom. The lowest BCUT2D eigenvalue weighted by atomic mass is 10.2. The number of aromatic nitrogens is 1. The molecular formula is C9H10BrFN2. The SMILES string of the molecule is Nc1cc(C=CCCBr)cnc1F. The Morgan fingerprint density at radius 3 is 3.00 bits per heavy atom. The smallest absolute Gasteiger partial charge is 0.236 e. The third-order valence-electron chi connectivity index (χ3n) is 1.47. The first-order valence-electron chi connectivity index (χ1n) is 3.87. The molecule has 0 aliphatic rings. The molecule has 70 valence electrons. The highest BCUT2D eigenvalue weighted by atomic mass is 79.9. The summed E-state index contributed by atoms with van der Waals surface area (Å²) >= 11 is 3.30. The number of halogens is 2. The van der Waals surface area contributed by atoms with E-state index < -0.39 is 5.95 Å². The van der Waals surface area contributed by atoms with Crippen molar-refractivity contribution in [2.75, 3.05) is 11.1 Å². The summed E-state index contributed by atoms with van der Waals surface area (Å²) in [5.41, 5.74) is 6.25. The molecule has 0 aromatic carbocycles. The molecule has 0 atom stereocenters. The Morgan fingerprint density at radius 2 is 2.38 bits per heavy atom. The molecule has 0 amide bonds. The molecule has 4 heteroatoms. The summed E-state index contributed by atoms with van der Waals surface area (Å²) in [6, 6.07) is 1.56. The molecule has 0 spiro atoms. The fourth-order valence-corrected chi connectivity index (χ4v) is 1.12. The molecule has 1 rings (SSSR count). The van der Waals surface area contributed by atoms with Crippen LogP contribution in [-0.4, -0.2) is 10.3 Å². The highest BCUT2D eigenvalue weighted by Crippen LogP contribution is 2.10. The van der Waals surface area contributed by atoms with Crippen LogP contribution in [0.4, 0.5) is 10.1 Å². The molecule has 1 aromatic rings. The van der Waals surface area contributed by atoms with Crippen LogP contribution in [0.1, 0.15) is 12.0 Å². The first kappa shape index (κ1) is 10.2. The van der Waals surface area contributed by atoms with Crippen molar-refractivity contribution in [2.24, 2.45) is 0 Å². The lowest BCUT2D eigenvalue weighted by Gasteiger charge is -1.96. The summed E-state index contributed by atoms with van der Waals surface area (Å²) in [5, 5.41) is 0.910. The van der Waals surface area contributed by atoms with Crippen molar-refractivity contribution >= 4 is 27.7 Å². The average Bonchev–Trinajstić information content (AvgIpc) is 2.12. The van der Waals surface area contributed by atoms with Gasteiger partial charge in [-0.2, -0.15) is 4.39 Å². The van der Waals surface area contributed by atoms with Crippen LogP contribution in [0.2, 0.25) is 0 Å². The number of pyridine rings is 1. The van der Waals surface area contributed by atoms with Gasteiger partial charge >= 0.3 is 0 Å². The number of hydrogen-bond acceptors (Lipinski definition) is 2. The molecule has 0 unspecified atom stereocenters. The Kier molecular flexibility index (Phi) is 3.89. The zero-order chi connectivity index (χ0) is 9.68. The molecule has 0 saturated carbocycles. The summed E-state index contributed by atoms with van der Waals surface area (Å²) in [6.45, 7) is 0. The van der Waals surface area contributed by atoms with Gasteiger partial charge in [0.05, 0.1) is 5.69 Å². The summed E-state index contributed by atoms with van der Waals surface area (Å²) in [7, 11) is 0. The molecule has 2 nitrogen and oxygen atoms in total. The largest absolute Gasteiger partial charge is 0.395 e. The van der Waals surface area contributed by atoms with Gasteiger partial charge in [0.2, 0.25) is 5.95 Å². The van der Waals surface area contributed by atoms with Gasteiger partial charge in [-0.1, -0.05) is 28.1 Å². The predicted octanol–water partition coefficient (Wildman–Crippen LogP) is 2.60. The van der Waals surface area contributed by atoms with E-state index in [0.717, 1.165) is 17.3 Å². The molecule has 0 aliphatic carbocycles. The summed E-state index contributed by atoms with van der Waals surface area (Å²) in [6.07, 6.45) is 6.22. The van der Waals surface area contributed by atoms with E-state index in [1.165, 1.54) is 6.20 Å². The summed E-state index contributed by atoms with van der Waals surface area (Å²) < 4.78 is 12.6. The number of hydrogen-bond donors (Lipinski definition) is 1. The monoisotopic (exact) mass is 244 g/mol. The fraction of sp³-hybridized carbons (Fsp3) is 0.222. The van der Waals surface area contributed by atoms with Crippen molar-refractivity contribution in [2.45, 2.75) is 6.42 Å². The van der Waals surface area contributed by atoms with Crippen LogP contribution in [0.25, 0.3) is 6.08 Å². The highest BCUT2D eigenvalue weighted by molar-refractivity contribution is 9.09. The first-order valence-corrected chi connectivity index (χ1v) is 4.99. The summed E-state index contributed by atoms with van der Waals surface area (Å²) in [4.78, 5) is 3.50. The van der Waals surface area contributed by atoms with Crippen molar-refractivity contribution < 1.29 is 4.39 Å². The minimum absolute atomic E-state index is 0.0843. The van der Waals surface area contributed by atoms with Gasteiger partial charge in [-0.15, -0.1) is 0 Å². The summed E-state index contributed by atoms with van der Waals surface area (Å²) in [5.74, 6) is -0.613. The van der Waals surface area contributed by atoms with Crippen LogP contribution in [0.5, 0.6) is 0 Å². The molecule has 1 aromatic heterocycles. The second-order valence-electron chi connectivity index (χ2n) is 2.53. The molecule has 0 radical (unpaired) electrons. The van der Waals surface area contributed by atoms with E-state index in [1.54, 1.807) is 6.07 Å². The van der Waals surface area contributed by atoms with Gasteiger partial charge in [-0.3, -0.25) is 0 Å². The van der Waals surface area contributed by atoms with Crippen molar-refractivity contribution in [1.29, 1.82) is 0 Å². The molecule has 1 heterocycles. The molecule has 0 bridgehead atoms. The maximum Gasteiger partial charge on any atom is 0.236 e. The minimum atomic E-state index is -0.613. The van der Waals surface area contributed by atoms with Crippen molar-refractivity contribution in [3.63, 3.8) is 0 Å². The van der Waals surface area contributed by atoms with Crippen LogP contribution in [0, 0.1) is 5.95 Å². The minimum Gasteiger partial charge on any atom is -0.395 e. The number of anilines is 1. The van der Waals surface area contributed by atoms with E-state index in [4.69, 9.17) is 5.73 Å². The van der Waals surface area contributed by atoms with Gasteiger partial charge in [0, 0.05) is 11.5 Å². The number of rotatable bonds is 3. The van der Waals surface area contributed by atoms with E-state index in [0.29, 0.717) is 0 Å². The van der Waals surface area contributed by atoms with Crippen LogP contribution in [0.3, 0.4) is 0 Å². The molecule has 0 aliphatic heterocycles. The van der Waals surface area contributed by atoms with Gasteiger partial charge in [0.1, 0.15) is 0 Å². The lowest BCUT2D eigenvalue weighted by Crippen LogP contribution is -1.93. The number of alkyl halides is 1. The third-order valence-corrected chi connectivity index (χ3v) is 1.93. The van der Waals surface area contributed by atoms with E-state index >= 15 is 0 Å². The topological polar surface area (TPSA) is 38.9 Å². The number of nitrogens with two attached hydrogens (primary N) is 1. The second-order valence-corrected chi connectivity index (χ2v) is 3.32. The Labute approximate surface area is 84.8 Å². The van der Waals surface area contributed by atoms with Gasteiger partial charge in [-0.05, 0) is 18.1 Å². The zero-order valence-electron chi connectivity index (χ0n) is 7.00. The molecule has 0 saturated heterocycles. The van der Waals surface area contributed by atoms with Gasteiger partial charge in [0.15, 0.2) is 0 Å². The lowest BCUT2D eigenvalue weighted by molar-refractivity contribution is 0.588. The number of allylic oxidation sites excluding steroid dienone is 1. The van der Waals surface area contributed by atoms with Crippen molar-refractivity contribution in [3.05, 3.63) is 29.9 Å². The molecular weight excluding hydrogens is 235 g/mol. The second kappa shape index (κ2) is 4.97. The van der Waals surface area contributed by atoms with E-state index in [-0.39, 0.29) is 5.69 Å². The normalized spacial score (nSPS) is 10.9. The van der Waals surface area contributed by atoms with Crippen LogP contribution in [-0.2, 0) is 0 Å². The third kappa shape index (κ3) is 3.14. The zero-order valence-corrected chi connectivity index (χ0v) is 8.59. The van der Waals surface area contributed by atoms with Crippen LogP contribution < -0.4 is 5.73 Å².